The van der Waals surface area contributed by atoms with E-state index in [0.29, 0.717) is 12.3 Å². The van der Waals surface area contributed by atoms with Crippen LogP contribution in [0.4, 0.5) is 5.82 Å². The number of aromatic nitrogens is 2. The van der Waals surface area contributed by atoms with E-state index in [4.69, 9.17) is 4.74 Å². The molecule has 0 radical (unpaired) electrons. The minimum atomic E-state index is 0.115. The lowest BCUT2D eigenvalue weighted by Gasteiger charge is -2.32. The summed E-state index contributed by atoms with van der Waals surface area (Å²) in [6.45, 7) is 3.84. The average Bonchev–Trinajstić information content (AvgIpc) is 2.89. The van der Waals surface area contributed by atoms with Gasteiger partial charge in [-0.1, -0.05) is 26.2 Å². The number of ether oxygens (including phenoxy) is 1. The van der Waals surface area contributed by atoms with Crippen LogP contribution in [0, 0.1) is 5.41 Å². The Kier molecular flexibility index (Phi) is 5.05. The fourth-order valence-electron chi connectivity index (χ4n) is 3.94. The van der Waals surface area contributed by atoms with Gasteiger partial charge in [0, 0.05) is 32.1 Å². The van der Waals surface area contributed by atoms with Gasteiger partial charge in [0.25, 0.3) is 0 Å². The highest BCUT2D eigenvalue weighted by atomic mass is 16.5. The molecule has 1 amide bonds. The third-order valence-electron chi connectivity index (χ3n) is 5.39. The van der Waals surface area contributed by atoms with Crippen molar-refractivity contribution < 1.29 is 9.53 Å². The molecule has 23 heavy (non-hydrogen) atoms. The molecular weight excluding hydrogens is 290 g/mol. The summed E-state index contributed by atoms with van der Waals surface area (Å²) in [6.07, 6.45) is 8.95. The Bertz CT molecular complexity index is 540. The molecule has 5 heteroatoms. The standard InChI is InChI=1S/C18H29N3O2/c1-18(8-4-3-5-9-18)12-17(22)19-16-11-15(20-21(16)2)14-7-6-10-23-13-14/h11,14H,3-10,12-13H2,1-2H3,(H,19,22). The Morgan fingerprint density at radius 1 is 1.39 bits per heavy atom. The maximum absolute atomic E-state index is 12.4. The molecule has 1 aromatic rings. The number of carbonyl (C=O) groups excluding carboxylic acids is 1. The van der Waals surface area contributed by atoms with E-state index in [1.165, 1.54) is 19.3 Å². The van der Waals surface area contributed by atoms with Gasteiger partial charge in [0.15, 0.2) is 0 Å². The van der Waals surface area contributed by atoms with Crippen molar-refractivity contribution in [3.63, 3.8) is 0 Å². The Labute approximate surface area is 138 Å². The second-order valence-electron chi connectivity index (χ2n) is 7.59. The van der Waals surface area contributed by atoms with E-state index in [-0.39, 0.29) is 11.3 Å². The second-order valence-corrected chi connectivity index (χ2v) is 7.59. The summed E-state index contributed by atoms with van der Waals surface area (Å²) >= 11 is 0. The van der Waals surface area contributed by atoms with E-state index < -0.39 is 0 Å². The molecule has 1 aliphatic heterocycles. The van der Waals surface area contributed by atoms with Crippen LogP contribution in [0.25, 0.3) is 0 Å². The topological polar surface area (TPSA) is 56.1 Å². The van der Waals surface area contributed by atoms with Gasteiger partial charge in [-0.15, -0.1) is 0 Å². The minimum absolute atomic E-state index is 0.115. The highest BCUT2D eigenvalue weighted by Crippen LogP contribution is 2.38. The van der Waals surface area contributed by atoms with Gasteiger partial charge in [-0.05, 0) is 31.1 Å². The molecule has 1 saturated heterocycles. The number of amides is 1. The molecule has 1 atom stereocenters. The summed E-state index contributed by atoms with van der Waals surface area (Å²) in [7, 11) is 1.89. The Balaban J connectivity index is 1.60. The SMILES string of the molecule is Cn1nc(C2CCCOC2)cc1NC(=O)CC1(C)CCCCC1. The van der Waals surface area contributed by atoms with Crippen molar-refractivity contribution >= 4 is 11.7 Å². The van der Waals surface area contributed by atoms with Crippen molar-refractivity contribution in [2.45, 2.75) is 64.2 Å². The third kappa shape index (κ3) is 4.14. The van der Waals surface area contributed by atoms with Crippen molar-refractivity contribution in [2.24, 2.45) is 12.5 Å². The number of nitrogens with zero attached hydrogens (tertiary/aromatic N) is 2. The third-order valence-corrected chi connectivity index (χ3v) is 5.39. The predicted octanol–water partition coefficient (Wildman–Crippen LogP) is 3.61. The average molecular weight is 319 g/mol. The van der Waals surface area contributed by atoms with E-state index >= 15 is 0 Å². The first-order valence-electron chi connectivity index (χ1n) is 8.97. The normalized spacial score (nSPS) is 24.3. The van der Waals surface area contributed by atoms with Crippen molar-refractivity contribution in [3.05, 3.63) is 11.8 Å². The molecule has 1 aromatic heterocycles. The molecule has 3 rings (SSSR count). The van der Waals surface area contributed by atoms with Crippen molar-refractivity contribution in [2.75, 3.05) is 18.5 Å². The molecule has 128 valence electrons. The van der Waals surface area contributed by atoms with Crippen LogP contribution < -0.4 is 5.32 Å². The van der Waals surface area contributed by atoms with Gasteiger partial charge in [0.2, 0.25) is 5.91 Å². The number of carbonyl (C=O) groups is 1. The van der Waals surface area contributed by atoms with Crippen LogP contribution >= 0.6 is 0 Å². The van der Waals surface area contributed by atoms with Crippen LogP contribution in [0.3, 0.4) is 0 Å². The monoisotopic (exact) mass is 319 g/mol. The minimum Gasteiger partial charge on any atom is -0.381 e. The molecule has 1 N–H and O–H groups in total. The molecule has 1 aliphatic carbocycles. The summed E-state index contributed by atoms with van der Waals surface area (Å²) in [5.74, 6) is 1.27. The lowest BCUT2D eigenvalue weighted by atomic mass is 9.73. The van der Waals surface area contributed by atoms with Crippen LogP contribution in [-0.2, 0) is 16.6 Å². The van der Waals surface area contributed by atoms with E-state index in [9.17, 15) is 4.79 Å². The maximum atomic E-state index is 12.4. The summed E-state index contributed by atoms with van der Waals surface area (Å²) in [5.41, 5.74) is 1.20. The van der Waals surface area contributed by atoms with Gasteiger partial charge in [0.1, 0.15) is 5.82 Å². The summed E-state index contributed by atoms with van der Waals surface area (Å²) in [6, 6.07) is 2.01. The maximum Gasteiger partial charge on any atom is 0.226 e. The lowest BCUT2D eigenvalue weighted by molar-refractivity contribution is -0.118. The van der Waals surface area contributed by atoms with Crippen LogP contribution in [0.2, 0.25) is 0 Å². The molecule has 2 aliphatic rings. The molecule has 0 aromatic carbocycles. The largest absolute Gasteiger partial charge is 0.381 e. The summed E-state index contributed by atoms with van der Waals surface area (Å²) in [5, 5.41) is 7.64. The molecule has 2 fully saturated rings. The molecular formula is C18H29N3O2. The molecule has 0 spiro atoms. The zero-order valence-electron chi connectivity index (χ0n) is 14.4. The zero-order valence-corrected chi connectivity index (χ0v) is 14.4. The number of rotatable bonds is 4. The smallest absolute Gasteiger partial charge is 0.226 e. The second kappa shape index (κ2) is 7.04. The first kappa shape index (κ1) is 16.5. The van der Waals surface area contributed by atoms with Crippen molar-refractivity contribution in [1.82, 2.24) is 9.78 Å². The predicted molar refractivity (Wildman–Crippen MR) is 90.4 cm³/mol. The van der Waals surface area contributed by atoms with Gasteiger partial charge in [-0.2, -0.15) is 5.10 Å². The van der Waals surface area contributed by atoms with Gasteiger partial charge < -0.3 is 10.1 Å². The van der Waals surface area contributed by atoms with Crippen LogP contribution in [0.15, 0.2) is 6.07 Å². The van der Waals surface area contributed by atoms with Crippen LogP contribution in [0.5, 0.6) is 0 Å². The van der Waals surface area contributed by atoms with Gasteiger partial charge >= 0.3 is 0 Å². The summed E-state index contributed by atoms with van der Waals surface area (Å²) < 4.78 is 7.33. The quantitative estimate of drug-likeness (QED) is 0.922. The fraction of sp³-hybridized carbons (Fsp3) is 0.778. The molecule has 2 heterocycles. The zero-order chi connectivity index (χ0) is 16.3. The van der Waals surface area contributed by atoms with Crippen molar-refractivity contribution in [1.29, 1.82) is 0 Å². The van der Waals surface area contributed by atoms with Gasteiger partial charge in [0.05, 0.1) is 12.3 Å². The van der Waals surface area contributed by atoms with E-state index in [0.717, 1.165) is 50.4 Å². The summed E-state index contributed by atoms with van der Waals surface area (Å²) in [4.78, 5) is 12.4. The Morgan fingerprint density at radius 3 is 2.87 bits per heavy atom. The molecule has 0 bridgehead atoms. The first-order chi connectivity index (χ1) is 11.1. The van der Waals surface area contributed by atoms with E-state index in [1.54, 1.807) is 4.68 Å². The number of hydrogen-bond acceptors (Lipinski definition) is 3. The molecule has 5 nitrogen and oxygen atoms in total. The van der Waals surface area contributed by atoms with Crippen LogP contribution in [-0.4, -0.2) is 28.9 Å². The van der Waals surface area contributed by atoms with Crippen molar-refractivity contribution in [3.8, 4) is 0 Å². The first-order valence-corrected chi connectivity index (χ1v) is 8.97. The van der Waals surface area contributed by atoms with E-state index in [2.05, 4.69) is 17.3 Å². The highest BCUT2D eigenvalue weighted by Gasteiger charge is 2.30. The number of aryl methyl sites for hydroxylation is 1. The number of hydrogen-bond donors (Lipinski definition) is 1. The van der Waals surface area contributed by atoms with Gasteiger partial charge in [-0.25, -0.2) is 0 Å². The Morgan fingerprint density at radius 2 is 2.17 bits per heavy atom. The molecule has 1 saturated carbocycles. The fourth-order valence-corrected chi connectivity index (χ4v) is 3.94. The highest BCUT2D eigenvalue weighted by molar-refractivity contribution is 5.90. The molecule has 1 unspecified atom stereocenters. The number of nitrogens with one attached hydrogen (secondary N) is 1. The Hall–Kier alpha value is -1.36. The van der Waals surface area contributed by atoms with E-state index in [1.807, 2.05) is 13.1 Å². The van der Waals surface area contributed by atoms with Gasteiger partial charge in [-0.3, -0.25) is 9.48 Å². The van der Waals surface area contributed by atoms with Crippen LogP contribution in [0.1, 0.15) is 69.9 Å². The number of anilines is 1. The lowest BCUT2D eigenvalue weighted by Crippen LogP contribution is -2.27.